The minimum Gasteiger partial charge on any atom is -0.390 e. The van der Waals surface area contributed by atoms with Crippen molar-refractivity contribution in [2.45, 2.75) is 38.1 Å². The van der Waals surface area contributed by atoms with Crippen LogP contribution in [0, 0.1) is 5.82 Å². The predicted octanol–water partition coefficient (Wildman–Crippen LogP) is 1.28. The van der Waals surface area contributed by atoms with Crippen LogP contribution in [0.4, 0.5) is 4.39 Å². The Labute approximate surface area is 122 Å². The van der Waals surface area contributed by atoms with Gasteiger partial charge in [-0.2, -0.15) is 0 Å². The van der Waals surface area contributed by atoms with Crippen LogP contribution in [0.5, 0.6) is 0 Å². The Hall–Kier alpha value is -1.79. The van der Waals surface area contributed by atoms with Crippen molar-refractivity contribution in [1.29, 1.82) is 0 Å². The van der Waals surface area contributed by atoms with Gasteiger partial charge in [0.1, 0.15) is 11.5 Å². The van der Waals surface area contributed by atoms with Gasteiger partial charge in [-0.3, -0.25) is 4.90 Å². The molecule has 2 aliphatic rings. The van der Waals surface area contributed by atoms with Crippen LogP contribution >= 0.6 is 0 Å². The molecule has 0 amide bonds. The van der Waals surface area contributed by atoms with Crippen LogP contribution in [0.25, 0.3) is 0 Å². The number of hydrogen-bond acceptors (Lipinski definition) is 4. The molecule has 0 radical (unpaired) electrons. The Balaban J connectivity index is 1.50. The van der Waals surface area contributed by atoms with Crippen LogP contribution in [-0.2, 0) is 19.7 Å². The zero-order chi connectivity index (χ0) is 14.4. The Bertz CT molecular complexity index is 658. The van der Waals surface area contributed by atoms with E-state index in [1.807, 2.05) is 10.7 Å². The van der Waals surface area contributed by atoms with Gasteiger partial charge < -0.3 is 5.11 Å². The number of aliphatic hydroxyl groups excluding tert-OH is 1. The summed E-state index contributed by atoms with van der Waals surface area (Å²) in [5.41, 5.74) is 2.76. The van der Waals surface area contributed by atoms with Crippen molar-refractivity contribution >= 4 is 0 Å². The second kappa shape index (κ2) is 4.89. The second-order valence-electron chi connectivity index (χ2n) is 5.80. The third kappa shape index (κ3) is 2.24. The van der Waals surface area contributed by atoms with Crippen LogP contribution in [0.3, 0.4) is 0 Å². The number of rotatable bonds is 3. The lowest BCUT2D eigenvalue weighted by molar-refractivity contribution is 0.196. The maximum Gasteiger partial charge on any atom is 0.123 e. The molecule has 110 valence electrons. The highest BCUT2D eigenvalue weighted by Gasteiger charge is 2.44. The van der Waals surface area contributed by atoms with Gasteiger partial charge in [0.2, 0.25) is 0 Å². The molecule has 1 unspecified atom stereocenters. The summed E-state index contributed by atoms with van der Waals surface area (Å²) in [4.78, 5) is 2.40. The average molecular weight is 288 g/mol. The van der Waals surface area contributed by atoms with Gasteiger partial charge in [-0.25, -0.2) is 9.07 Å². The van der Waals surface area contributed by atoms with E-state index in [1.54, 1.807) is 12.1 Å². The zero-order valence-corrected chi connectivity index (χ0v) is 11.6. The summed E-state index contributed by atoms with van der Waals surface area (Å²) in [5.74, 6) is 0.252. The number of aromatic nitrogens is 3. The maximum absolute atomic E-state index is 13.3. The van der Waals surface area contributed by atoms with Crippen LogP contribution in [0.15, 0.2) is 24.3 Å². The van der Waals surface area contributed by atoms with Crippen molar-refractivity contribution in [2.24, 2.45) is 0 Å². The molecule has 21 heavy (non-hydrogen) atoms. The highest BCUT2D eigenvalue weighted by atomic mass is 19.1. The van der Waals surface area contributed by atoms with Crippen molar-refractivity contribution in [2.75, 3.05) is 6.54 Å². The minimum absolute atomic E-state index is 0.0683. The fourth-order valence-electron chi connectivity index (χ4n) is 3.30. The van der Waals surface area contributed by atoms with Crippen LogP contribution < -0.4 is 0 Å². The van der Waals surface area contributed by atoms with Crippen LogP contribution in [-0.4, -0.2) is 37.6 Å². The standard InChI is InChI=1S/C15H17FN4O/c16-11-3-1-2-10(6-11)12-7-14(12)19-4-5-20-15(8-19)13(9-21)17-18-20/h1-3,6,12,14,21H,4-5,7-9H2/t12-,14?/m0/s1. The largest absolute Gasteiger partial charge is 0.390 e. The third-order valence-electron chi connectivity index (χ3n) is 4.52. The SMILES string of the molecule is OCc1nnn2c1CN(C1C[C@H]1c1cccc(F)c1)CC2. The Morgan fingerprint density at radius 2 is 2.24 bits per heavy atom. The van der Waals surface area contributed by atoms with Gasteiger partial charge in [-0.05, 0) is 24.1 Å². The second-order valence-corrected chi connectivity index (χ2v) is 5.80. The minimum atomic E-state index is -0.165. The first kappa shape index (κ1) is 12.9. The number of nitrogens with zero attached hydrogens (tertiary/aromatic N) is 4. The van der Waals surface area contributed by atoms with Crippen molar-refractivity contribution in [3.8, 4) is 0 Å². The van der Waals surface area contributed by atoms with E-state index >= 15 is 0 Å². The molecule has 0 spiro atoms. The molecule has 6 heteroatoms. The molecule has 1 N–H and O–H groups in total. The van der Waals surface area contributed by atoms with Gasteiger partial charge in [-0.15, -0.1) is 5.10 Å². The van der Waals surface area contributed by atoms with Crippen LogP contribution in [0.2, 0.25) is 0 Å². The molecular weight excluding hydrogens is 271 g/mol. The summed E-state index contributed by atoms with van der Waals surface area (Å²) >= 11 is 0. The molecule has 2 aromatic rings. The molecule has 0 saturated heterocycles. The molecule has 1 fully saturated rings. The highest BCUT2D eigenvalue weighted by molar-refractivity contribution is 5.29. The Morgan fingerprint density at radius 3 is 3.05 bits per heavy atom. The topological polar surface area (TPSA) is 54.2 Å². The zero-order valence-electron chi connectivity index (χ0n) is 11.6. The fourth-order valence-corrected chi connectivity index (χ4v) is 3.30. The van der Waals surface area contributed by atoms with Gasteiger partial charge in [0.15, 0.2) is 0 Å². The number of aliphatic hydroxyl groups is 1. The molecule has 5 nitrogen and oxygen atoms in total. The molecular formula is C15H17FN4O. The van der Waals surface area contributed by atoms with E-state index in [0.29, 0.717) is 17.7 Å². The Morgan fingerprint density at radius 1 is 1.33 bits per heavy atom. The van der Waals surface area contributed by atoms with E-state index in [-0.39, 0.29) is 12.4 Å². The monoisotopic (exact) mass is 288 g/mol. The summed E-state index contributed by atoms with van der Waals surface area (Å²) in [7, 11) is 0. The summed E-state index contributed by atoms with van der Waals surface area (Å²) < 4.78 is 15.2. The maximum atomic E-state index is 13.3. The third-order valence-corrected chi connectivity index (χ3v) is 4.52. The van der Waals surface area contributed by atoms with Crippen LogP contribution in [0.1, 0.15) is 29.3 Å². The van der Waals surface area contributed by atoms with Gasteiger partial charge in [0, 0.05) is 25.0 Å². The lowest BCUT2D eigenvalue weighted by Crippen LogP contribution is -2.36. The molecule has 2 atom stereocenters. The molecule has 4 rings (SSSR count). The lowest BCUT2D eigenvalue weighted by Gasteiger charge is -2.28. The van der Waals surface area contributed by atoms with Gasteiger partial charge >= 0.3 is 0 Å². The Kier molecular flexibility index (Phi) is 3.01. The first-order chi connectivity index (χ1) is 10.3. The predicted molar refractivity (Wildman–Crippen MR) is 73.9 cm³/mol. The molecule has 2 heterocycles. The van der Waals surface area contributed by atoms with Crippen molar-refractivity contribution in [3.63, 3.8) is 0 Å². The molecule has 1 aromatic heterocycles. The van der Waals surface area contributed by atoms with Crippen molar-refractivity contribution < 1.29 is 9.50 Å². The molecule has 0 bridgehead atoms. The lowest BCUT2D eigenvalue weighted by atomic mass is 10.1. The smallest absolute Gasteiger partial charge is 0.123 e. The quantitative estimate of drug-likeness (QED) is 0.924. The van der Waals surface area contributed by atoms with E-state index in [9.17, 15) is 9.50 Å². The summed E-state index contributed by atoms with van der Waals surface area (Å²) in [6, 6.07) is 7.36. The first-order valence-electron chi connectivity index (χ1n) is 7.28. The highest BCUT2D eigenvalue weighted by Crippen LogP contribution is 2.45. The number of halogens is 1. The summed E-state index contributed by atoms with van der Waals surface area (Å²) in [5, 5.41) is 17.4. The number of hydrogen-bond donors (Lipinski definition) is 1. The molecule has 1 aromatic carbocycles. The van der Waals surface area contributed by atoms with E-state index in [4.69, 9.17) is 0 Å². The van der Waals surface area contributed by atoms with E-state index in [0.717, 1.165) is 37.3 Å². The summed E-state index contributed by atoms with van der Waals surface area (Å²) in [6.45, 7) is 2.42. The number of fused-ring (bicyclic) bond motifs is 1. The van der Waals surface area contributed by atoms with Crippen molar-refractivity contribution in [1.82, 2.24) is 19.9 Å². The van der Waals surface area contributed by atoms with E-state index in [1.165, 1.54) is 6.07 Å². The molecule has 1 aliphatic carbocycles. The first-order valence-corrected chi connectivity index (χ1v) is 7.28. The fraction of sp³-hybridized carbons (Fsp3) is 0.467. The van der Waals surface area contributed by atoms with E-state index < -0.39 is 0 Å². The van der Waals surface area contributed by atoms with Gasteiger partial charge in [0.25, 0.3) is 0 Å². The van der Waals surface area contributed by atoms with Gasteiger partial charge in [0.05, 0.1) is 18.8 Å². The average Bonchev–Trinajstić information content (AvgIpc) is 3.20. The van der Waals surface area contributed by atoms with Crippen molar-refractivity contribution in [3.05, 3.63) is 47.0 Å². The normalized spacial score (nSPS) is 24.9. The molecule has 1 saturated carbocycles. The molecule has 1 aliphatic heterocycles. The van der Waals surface area contributed by atoms with Gasteiger partial charge in [-0.1, -0.05) is 17.3 Å². The number of benzene rings is 1. The van der Waals surface area contributed by atoms with E-state index in [2.05, 4.69) is 15.2 Å². The summed E-state index contributed by atoms with van der Waals surface area (Å²) in [6.07, 6.45) is 1.07.